The van der Waals surface area contributed by atoms with Gasteiger partial charge in [-0.05, 0) is 56.4 Å². The lowest BCUT2D eigenvalue weighted by Crippen LogP contribution is -2.25. The van der Waals surface area contributed by atoms with Crippen molar-refractivity contribution in [1.82, 2.24) is 15.2 Å². The van der Waals surface area contributed by atoms with E-state index in [9.17, 15) is 14.7 Å². The number of aromatic nitrogens is 1. The summed E-state index contributed by atoms with van der Waals surface area (Å²) >= 11 is 0. The van der Waals surface area contributed by atoms with Gasteiger partial charge in [-0.25, -0.2) is 4.99 Å². The van der Waals surface area contributed by atoms with E-state index in [2.05, 4.69) is 19.9 Å². The Morgan fingerprint density at radius 2 is 1.74 bits per heavy atom. The van der Waals surface area contributed by atoms with E-state index in [0.717, 1.165) is 17.8 Å². The molecule has 38 heavy (non-hydrogen) atoms. The van der Waals surface area contributed by atoms with Gasteiger partial charge in [0.1, 0.15) is 0 Å². The lowest BCUT2D eigenvalue weighted by molar-refractivity contribution is -0.140. The number of aliphatic imine (C=N–C) groups is 1. The SMILES string of the molecule is COC(=O)CCCNC(=O)c1ccc2[nH]c(O)c(C(=Nc3ccc(CN(C)C)cc3)c3ccccc3)c2c1. The average molecular weight is 513 g/mol. The normalized spacial score (nSPS) is 11.6. The molecule has 0 aliphatic heterocycles. The molecule has 0 unspecified atom stereocenters. The number of rotatable bonds is 10. The predicted octanol–water partition coefficient (Wildman–Crippen LogP) is 4.79. The first kappa shape index (κ1) is 26.6. The average Bonchev–Trinajstić information content (AvgIpc) is 3.25. The van der Waals surface area contributed by atoms with Crippen molar-refractivity contribution >= 4 is 34.2 Å². The number of hydrogen-bond acceptors (Lipinski definition) is 6. The molecule has 3 N–H and O–H groups in total. The van der Waals surface area contributed by atoms with Crippen LogP contribution in [0.3, 0.4) is 0 Å². The number of nitrogens with one attached hydrogen (secondary N) is 2. The van der Waals surface area contributed by atoms with E-state index in [0.29, 0.717) is 40.7 Å². The smallest absolute Gasteiger partial charge is 0.305 e. The highest BCUT2D eigenvalue weighted by molar-refractivity contribution is 6.22. The standard InChI is InChI=1S/C30H32N4O4/c1-34(2)19-20-11-14-23(15-12-20)32-28(21-8-5-4-6-9-21)27-24-18-22(13-16-25(24)33-30(27)37)29(36)31-17-7-10-26(35)38-3/h4-6,8-9,11-16,18,33,37H,7,10,17,19H2,1-3H3,(H,31,36). The minimum atomic E-state index is -0.312. The molecule has 0 atom stereocenters. The third-order valence-corrected chi connectivity index (χ3v) is 6.07. The van der Waals surface area contributed by atoms with E-state index in [1.807, 2.05) is 68.7 Å². The fourth-order valence-electron chi connectivity index (χ4n) is 4.23. The second kappa shape index (κ2) is 12.2. The summed E-state index contributed by atoms with van der Waals surface area (Å²) in [5.41, 5.74) is 4.99. The van der Waals surface area contributed by atoms with Crippen LogP contribution in [0.25, 0.3) is 10.9 Å². The third-order valence-electron chi connectivity index (χ3n) is 6.07. The number of benzene rings is 3. The summed E-state index contributed by atoms with van der Waals surface area (Å²) in [6, 6.07) is 22.9. The second-order valence-electron chi connectivity index (χ2n) is 9.28. The maximum Gasteiger partial charge on any atom is 0.305 e. The number of aromatic amines is 1. The Balaban J connectivity index is 1.70. The van der Waals surface area contributed by atoms with Gasteiger partial charge in [0.15, 0.2) is 5.88 Å². The van der Waals surface area contributed by atoms with E-state index in [-0.39, 0.29) is 24.2 Å². The first-order valence-electron chi connectivity index (χ1n) is 12.4. The number of nitrogens with zero attached hydrogens (tertiary/aromatic N) is 2. The molecule has 4 aromatic rings. The summed E-state index contributed by atoms with van der Waals surface area (Å²) in [6.07, 6.45) is 0.716. The van der Waals surface area contributed by atoms with Crippen LogP contribution >= 0.6 is 0 Å². The van der Waals surface area contributed by atoms with Crippen molar-refractivity contribution in [2.24, 2.45) is 4.99 Å². The molecule has 8 nitrogen and oxygen atoms in total. The Kier molecular flexibility index (Phi) is 8.55. The number of carbonyl (C=O) groups is 2. The lowest BCUT2D eigenvalue weighted by Gasteiger charge is -2.11. The zero-order valence-electron chi connectivity index (χ0n) is 21.8. The molecule has 3 aromatic carbocycles. The van der Waals surface area contributed by atoms with Gasteiger partial charge in [-0.1, -0.05) is 42.5 Å². The van der Waals surface area contributed by atoms with Crippen molar-refractivity contribution in [1.29, 1.82) is 0 Å². The predicted molar refractivity (Wildman–Crippen MR) is 149 cm³/mol. The zero-order valence-corrected chi connectivity index (χ0v) is 21.8. The number of ether oxygens (including phenoxy) is 1. The molecule has 0 saturated carbocycles. The number of methoxy groups -OCH3 is 1. The van der Waals surface area contributed by atoms with Crippen LogP contribution in [0.5, 0.6) is 5.88 Å². The molecular formula is C30H32N4O4. The van der Waals surface area contributed by atoms with Crippen molar-refractivity contribution in [3.63, 3.8) is 0 Å². The van der Waals surface area contributed by atoms with Crippen LogP contribution in [0.4, 0.5) is 5.69 Å². The molecule has 4 rings (SSSR count). The molecule has 1 aromatic heterocycles. The van der Waals surface area contributed by atoms with Crippen molar-refractivity contribution in [2.75, 3.05) is 27.7 Å². The van der Waals surface area contributed by atoms with Gasteiger partial charge in [0.2, 0.25) is 0 Å². The van der Waals surface area contributed by atoms with Gasteiger partial charge in [0.25, 0.3) is 5.91 Å². The first-order chi connectivity index (χ1) is 18.4. The number of fused-ring (bicyclic) bond motifs is 1. The molecule has 1 amide bonds. The third kappa shape index (κ3) is 6.46. The Morgan fingerprint density at radius 3 is 2.42 bits per heavy atom. The van der Waals surface area contributed by atoms with E-state index >= 15 is 0 Å². The van der Waals surface area contributed by atoms with Gasteiger partial charge in [0, 0.05) is 41.5 Å². The van der Waals surface area contributed by atoms with E-state index in [4.69, 9.17) is 4.99 Å². The number of esters is 1. The Bertz CT molecular complexity index is 1440. The molecule has 0 saturated heterocycles. The first-order valence-corrected chi connectivity index (χ1v) is 12.4. The van der Waals surface area contributed by atoms with Gasteiger partial charge in [0.05, 0.1) is 24.1 Å². The van der Waals surface area contributed by atoms with Gasteiger partial charge >= 0.3 is 5.97 Å². The minimum absolute atomic E-state index is 0.0255. The fourth-order valence-corrected chi connectivity index (χ4v) is 4.23. The number of carbonyl (C=O) groups excluding carboxylic acids is 2. The zero-order chi connectivity index (χ0) is 27.1. The Morgan fingerprint density at radius 1 is 1.00 bits per heavy atom. The van der Waals surface area contributed by atoms with Gasteiger partial charge in [-0.2, -0.15) is 0 Å². The molecule has 8 heteroatoms. The van der Waals surface area contributed by atoms with E-state index in [1.54, 1.807) is 18.2 Å². The van der Waals surface area contributed by atoms with Gasteiger partial charge in [-0.15, -0.1) is 0 Å². The monoisotopic (exact) mass is 512 g/mol. The summed E-state index contributed by atoms with van der Waals surface area (Å²) in [6.45, 7) is 1.17. The van der Waals surface area contributed by atoms with Crippen LogP contribution in [-0.4, -0.2) is 60.3 Å². The molecule has 0 aliphatic rings. The molecular weight excluding hydrogens is 480 g/mol. The lowest BCUT2D eigenvalue weighted by atomic mass is 9.99. The van der Waals surface area contributed by atoms with Crippen molar-refractivity contribution in [2.45, 2.75) is 19.4 Å². The summed E-state index contributed by atoms with van der Waals surface area (Å²) < 4.78 is 4.64. The highest BCUT2D eigenvalue weighted by Gasteiger charge is 2.20. The maximum absolute atomic E-state index is 12.8. The Labute approximate surface area is 222 Å². The van der Waals surface area contributed by atoms with Gasteiger partial charge in [-0.3, -0.25) is 9.59 Å². The summed E-state index contributed by atoms with van der Waals surface area (Å²) in [4.78, 5) is 34.2. The summed E-state index contributed by atoms with van der Waals surface area (Å²) in [7, 11) is 5.39. The topological polar surface area (TPSA) is 107 Å². The van der Waals surface area contributed by atoms with Gasteiger partial charge < -0.3 is 25.0 Å². The second-order valence-corrected chi connectivity index (χ2v) is 9.28. The van der Waals surface area contributed by atoms with Crippen LogP contribution in [0.15, 0.2) is 77.8 Å². The molecule has 0 fully saturated rings. The fraction of sp³-hybridized carbons (Fsp3) is 0.233. The summed E-state index contributed by atoms with van der Waals surface area (Å²) in [5.74, 6) is -0.603. The minimum Gasteiger partial charge on any atom is -0.494 e. The molecule has 0 radical (unpaired) electrons. The quantitative estimate of drug-likeness (QED) is 0.161. The number of amides is 1. The molecule has 1 heterocycles. The number of hydrogen-bond donors (Lipinski definition) is 3. The van der Waals surface area contributed by atoms with Crippen LogP contribution in [0.2, 0.25) is 0 Å². The van der Waals surface area contributed by atoms with E-state index < -0.39 is 0 Å². The van der Waals surface area contributed by atoms with Crippen LogP contribution < -0.4 is 5.32 Å². The molecule has 0 aliphatic carbocycles. The van der Waals surface area contributed by atoms with Crippen molar-refractivity contribution < 1.29 is 19.4 Å². The number of aromatic hydroxyl groups is 1. The largest absolute Gasteiger partial charge is 0.494 e. The summed E-state index contributed by atoms with van der Waals surface area (Å²) in [5, 5.41) is 14.5. The molecule has 0 spiro atoms. The van der Waals surface area contributed by atoms with Crippen LogP contribution in [0.1, 0.15) is 39.9 Å². The maximum atomic E-state index is 12.8. The molecule has 196 valence electrons. The van der Waals surface area contributed by atoms with E-state index in [1.165, 1.54) is 12.7 Å². The van der Waals surface area contributed by atoms with Crippen molar-refractivity contribution in [3.8, 4) is 5.88 Å². The number of H-pyrrole nitrogens is 1. The van der Waals surface area contributed by atoms with Crippen LogP contribution in [-0.2, 0) is 16.1 Å². The highest BCUT2D eigenvalue weighted by atomic mass is 16.5. The van der Waals surface area contributed by atoms with Crippen molar-refractivity contribution in [3.05, 3.63) is 95.1 Å². The van der Waals surface area contributed by atoms with Crippen LogP contribution in [0, 0.1) is 0 Å². The highest BCUT2D eigenvalue weighted by Crippen LogP contribution is 2.32. The molecule has 0 bridgehead atoms. The Hall–Kier alpha value is -4.43.